The molecule has 0 radical (unpaired) electrons. The fourth-order valence-electron chi connectivity index (χ4n) is 3.43. The SMILES string of the molecule is CCCCN(Cc1ccc(OS(C)(=O)=O)cc1)C(=O)[C@H]1C[C@H]1c1ccccc1. The lowest BCUT2D eigenvalue weighted by molar-refractivity contribution is -0.133. The summed E-state index contributed by atoms with van der Waals surface area (Å²) < 4.78 is 27.3. The van der Waals surface area contributed by atoms with Crippen molar-refractivity contribution in [3.8, 4) is 5.75 Å². The third kappa shape index (κ3) is 5.58. The number of hydrogen-bond acceptors (Lipinski definition) is 4. The molecule has 0 saturated heterocycles. The normalized spacial score (nSPS) is 18.5. The van der Waals surface area contributed by atoms with Crippen LogP contribution in [0.25, 0.3) is 0 Å². The predicted octanol–water partition coefficient (Wildman–Crippen LogP) is 3.96. The molecule has 1 saturated carbocycles. The molecule has 150 valence electrons. The Morgan fingerprint density at radius 2 is 1.79 bits per heavy atom. The second-order valence-corrected chi connectivity index (χ2v) is 8.98. The van der Waals surface area contributed by atoms with Crippen LogP contribution in [-0.4, -0.2) is 32.0 Å². The van der Waals surface area contributed by atoms with E-state index >= 15 is 0 Å². The summed E-state index contributed by atoms with van der Waals surface area (Å²) in [5, 5.41) is 0. The average molecular weight is 402 g/mol. The minimum atomic E-state index is -3.54. The Balaban J connectivity index is 1.66. The third-order valence-electron chi connectivity index (χ3n) is 4.97. The fraction of sp³-hybridized carbons (Fsp3) is 0.409. The van der Waals surface area contributed by atoms with E-state index in [1.54, 1.807) is 12.1 Å². The number of carbonyl (C=O) groups excluding carboxylic acids is 1. The highest BCUT2D eigenvalue weighted by molar-refractivity contribution is 7.86. The van der Waals surface area contributed by atoms with Crippen LogP contribution < -0.4 is 4.18 Å². The Morgan fingerprint density at radius 1 is 1.11 bits per heavy atom. The summed E-state index contributed by atoms with van der Waals surface area (Å²) in [6.07, 6.45) is 3.92. The minimum Gasteiger partial charge on any atom is -0.383 e. The van der Waals surface area contributed by atoms with Crippen LogP contribution in [0, 0.1) is 5.92 Å². The van der Waals surface area contributed by atoms with Gasteiger partial charge >= 0.3 is 10.1 Å². The van der Waals surface area contributed by atoms with Gasteiger partial charge in [-0.05, 0) is 42.0 Å². The van der Waals surface area contributed by atoms with Crippen molar-refractivity contribution in [2.24, 2.45) is 5.92 Å². The molecule has 1 amide bonds. The molecule has 2 aromatic carbocycles. The van der Waals surface area contributed by atoms with Crippen molar-refractivity contribution in [1.82, 2.24) is 4.90 Å². The second-order valence-electron chi connectivity index (χ2n) is 7.40. The van der Waals surface area contributed by atoms with Crippen molar-refractivity contribution >= 4 is 16.0 Å². The first-order chi connectivity index (χ1) is 13.4. The second kappa shape index (κ2) is 8.78. The third-order valence-corrected chi connectivity index (χ3v) is 5.47. The van der Waals surface area contributed by atoms with E-state index in [4.69, 9.17) is 4.18 Å². The van der Waals surface area contributed by atoms with E-state index in [1.165, 1.54) is 5.56 Å². The summed E-state index contributed by atoms with van der Waals surface area (Å²) in [6, 6.07) is 17.1. The van der Waals surface area contributed by atoms with E-state index in [9.17, 15) is 13.2 Å². The summed E-state index contributed by atoms with van der Waals surface area (Å²) in [4.78, 5) is 15.0. The van der Waals surface area contributed by atoms with Crippen molar-refractivity contribution in [3.63, 3.8) is 0 Å². The highest BCUT2D eigenvalue weighted by Crippen LogP contribution is 2.48. The molecule has 0 aliphatic heterocycles. The molecule has 1 aliphatic carbocycles. The zero-order valence-corrected chi connectivity index (χ0v) is 17.2. The maximum Gasteiger partial charge on any atom is 0.306 e. The number of unbranched alkanes of at least 4 members (excludes halogenated alkanes) is 1. The summed E-state index contributed by atoms with van der Waals surface area (Å²) in [7, 11) is -3.54. The molecule has 0 aromatic heterocycles. The first kappa shape index (κ1) is 20.4. The lowest BCUT2D eigenvalue weighted by Crippen LogP contribution is -2.33. The molecule has 1 fully saturated rings. The van der Waals surface area contributed by atoms with Crippen LogP contribution in [0.1, 0.15) is 43.2 Å². The van der Waals surface area contributed by atoms with Gasteiger partial charge in [-0.3, -0.25) is 4.79 Å². The van der Waals surface area contributed by atoms with Crippen LogP contribution in [0.15, 0.2) is 54.6 Å². The Bertz CT molecular complexity index is 894. The highest BCUT2D eigenvalue weighted by atomic mass is 32.2. The van der Waals surface area contributed by atoms with Crippen molar-refractivity contribution in [3.05, 3.63) is 65.7 Å². The van der Waals surface area contributed by atoms with Crippen LogP contribution in [0.4, 0.5) is 0 Å². The molecule has 6 heteroatoms. The van der Waals surface area contributed by atoms with Crippen LogP contribution >= 0.6 is 0 Å². The van der Waals surface area contributed by atoms with Crippen molar-refractivity contribution in [1.29, 1.82) is 0 Å². The topological polar surface area (TPSA) is 63.7 Å². The number of nitrogens with zero attached hydrogens (tertiary/aromatic N) is 1. The Hall–Kier alpha value is -2.34. The van der Waals surface area contributed by atoms with Gasteiger partial charge in [-0.1, -0.05) is 55.8 Å². The molecule has 1 aliphatic rings. The Labute approximate surface area is 167 Å². The van der Waals surface area contributed by atoms with Gasteiger partial charge in [0.05, 0.1) is 6.26 Å². The zero-order valence-electron chi connectivity index (χ0n) is 16.4. The van der Waals surface area contributed by atoms with Gasteiger partial charge in [-0.15, -0.1) is 0 Å². The van der Waals surface area contributed by atoms with E-state index in [-0.39, 0.29) is 17.6 Å². The molecule has 0 heterocycles. The monoisotopic (exact) mass is 401 g/mol. The van der Waals surface area contributed by atoms with Gasteiger partial charge < -0.3 is 9.08 Å². The van der Waals surface area contributed by atoms with Gasteiger partial charge in [0.25, 0.3) is 0 Å². The maximum atomic E-state index is 13.1. The van der Waals surface area contributed by atoms with E-state index in [2.05, 4.69) is 19.1 Å². The molecule has 5 nitrogen and oxygen atoms in total. The summed E-state index contributed by atoms with van der Waals surface area (Å²) in [5.74, 6) is 0.873. The number of hydrogen-bond donors (Lipinski definition) is 0. The first-order valence-electron chi connectivity index (χ1n) is 9.69. The van der Waals surface area contributed by atoms with E-state index in [1.807, 2.05) is 35.2 Å². The largest absolute Gasteiger partial charge is 0.383 e. The minimum absolute atomic E-state index is 0.0621. The summed E-state index contributed by atoms with van der Waals surface area (Å²) in [5.41, 5.74) is 2.20. The first-order valence-corrected chi connectivity index (χ1v) is 11.5. The molecule has 2 atom stereocenters. The quantitative estimate of drug-likeness (QED) is 0.597. The lowest BCUT2D eigenvalue weighted by Gasteiger charge is -2.23. The number of rotatable bonds is 9. The van der Waals surface area contributed by atoms with Crippen molar-refractivity contribution < 1.29 is 17.4 Å². The molecule has 2 aromatic rings. The molecule has 0 bridgehead atoms. The van der Waals surface area contributed by atoms with Gasteiger partial charge in [0.1, 0.15) is 5.75 Å². The fourth-order valence-corrected chi connectivity index (χ4v) is 3.89. The van der Waals surface area contributed by atoms with Crippen molar-refractivity contribution in [2.45, 2.75) is 38.6 Å². The molecule has 3 rings (SSSR count). The molecule has 0 spiro atoms. The smallest absolute Gasteiger partial charge is 0.306 e. The molecule has 0 N–H and O–H groups in total. The Morgan fingerprint density at radius 3 is 2.39 bits per heavy atom. The predicted molar refractivity (Wildman–Crippen MR) is 110 cm³/mol. The van der Waals surface area contributed by atoms with Gasteiger partial charge in [-0.2, -0.15) is 8.42 Å². The van der Waals surface area contributed by atoms with E-state index < -0.39 is 10.1 Å². The number of carbonyl (C=O) groups is 1. The molecule has 0 unspecified atom stereocenters. The van der Waals surface area contributed by atoms with Crippen molar-refractivity contribution in [2.75, 3.05) is 12.8 Å². The molecular formula is C22H27NO4S. The highest BCUT2D eigenvalue weighted by Gasteiger charge is 2.45. The van der Waals surface area contributed by atoms with E-state index in [0.717, 1.165) is 37.6 Å². The Kier molecular flexibility index (Phi) is 6.39. The van der Waals surface area contributed by atoms with Gasteiger partial charge in [-0.25, -0.2) is 0 Å². The lowest BCUT2D eigenvalue weighted by atomic mass is 10.1. The van der Waals surface area contributed by atoms with Crippen LogP contribution in [0.5, 0.6) is 5.75 Å². The summed E-state index contributed by atoms with van der Waals surface area (Å²) >= 11 is 0. The zero-order chi connectivity index (χ0) is 20.1. The van der Waals surface area contributed by atoms with Gasteiger partial charge in [0, 0.05) is 19.0 Å². The average Bonchev–Trinajstić information content (AvgIpc) is 3.46. The van der Waals surface area contributed by atoms with Gasteiger partial charge in [0.15, 0.2) is 0 Å². The van der Waals surface area contributed by atoms with Crippen LogP contribution in [0.2, 0.25) is 0 Å². The van der Waals surface area contributed by atoms with Crippen LogP contribution in [-0.2, 0) is 21.5 Å². The van der Waals surface area contributed by atoms with Crippen LogP contribution in [0.3, 0.4) is 0 Å². The van der Waals surface area contributed by atoms with Gasteiger partial charge in [0.2, 0.25) is 5.91 Å². The summed E-state index contributed by atoms with van der Waals surface area (Å²) in [6.45, 7) is 3.37. The maximum absolute atomic E-state index is 13.1. The number of amides is 1. The number of benzene rings is 2. The molecular weight excluding hydrogens is 374 g/mol. The standard InChI is InChI=1S/C22H27NO4S/c1-3-4-14-23(16-17-10-12-19(13-11-17)27-28(2,25)26)22(24)21-15-20(21)18-8-6-5-7-9-18/h5-13,20-21H,3-4,14-16H2,1-2H3/t20-,21-/m0/s1. The molecule has 28 heavy (non-hydrogen) atoms. The van der Waals surface area contributed by atoms with E-state index in [0.29, 0.717) is 12.5 Å².